The lowest BCUT2D eigenvalue weighted by molar-refractivity contribution is 0.101. The number of likely N-dealkylation sites (tertiary alicyclic amines) is 2. The zero-order valence-electron chi connectivity index (χ0n) is 32.3. The van der Waals surface area contributed by atoms with E-state index < -0.39 is 0 Å². The summed E-state index contributed by atoms with van der Waals surface area (Å²) in [5.41, 5.74) is 9.50. The fourth-order valence-electron chi connectivity index (χ4n) is 7.95. The molecule has 0 radical (unpaired) electrons. The highest BCUT2D eigenvalue weighted by Gasteiger charge is 2.35. The zero-order chi connectivity index (χ0) is 38.6. The number of nitriles is 2. The Morgan fingerprint density at radius 1 is 0.618 bits per heavy atom. The van der Waals surface area contributed by atoms with Gasteiger partial charge in [0.05, 0.1) is 23.3 Å². The molecule has 0 bridgehead atoms. The largest absolute Gasteiger partial charge is 0.325 e. The standard InChI is InChI=1S/C21H29N5O.C13H24N4O.C8H6BrN/c22-13-17-5-7-18(8-6-17)14-23-19-15-26(16-19)21(27)25-10-2-9-24(11-12-25)20-3-1-4-20;14-11-9-17(10-11)13(18)16-6-2-5-15(7-8-16)12-3-1-4-12;9-5-7-1-3-8(6-10)4-2-7/h5-8,19-20,23H,1-4,9-12,14-16H2;11-12H,1-10,14H2;1-4H,5H2. The van der Waals surface area contributed by atoms with Gasteiger partial charge in [-0.1, -0.05) is 53.0 Å². The molecular weight excluding hydrogens is 756 g/mol. The number of alkyl halides is 1. The summed E-state index contributed by atoms with van der Waals surface area (Å²) in [6, 6.07) is 21.9. The van der Waals surface area contributed by atoms with Crippen LogP contribution >= 0.6 is 15.9 Å². The van der Waals surface area contributed by atoms with E-state index in [2.05, 4.69) is 48.1 Å². The van der Waals surface area contributed by atoms with Gasteiger partial charge >= 0.3 is 12.1 Å². The average molecular weight is 816 g/mol. The Balaban J connectivity index is 0.000000157. The van der Waals surface area contributed by atoms with Crippen molar-refractivity contribution in [2.75, 3.05) is 78.5 Å². The smallest absolute Gasteiger partial charge is 0.320 e. The molecule has 12 nitrogen and oxygen atoms in total. The highest BCUT2D eigenvalue weighted by atomic mass is 79.9. The van der Waals surface area contributed by atoms with Crippen LogP contribution in [0.15, 0.2) is 48.5 Å². The Kier molecular flexibility index (Phi) is 15.2. The van der Waals surface area contributed by atoms with Crippen LogP contribution in [0.1, 0.15) is 73.6 Å². The summed E-state index contributed by atoms with van der Waals surface area (Å²) in [5, 5.41) is 21.6. The van der Waals surface area contributed by atoms with Crippen molar-refractivity contribution in [2.24, 2.45) is 5.73 Å². The Hall–Kier alpha value is -3.72. The number of benzene rings is 2. The van der Waals surface area contributed by atoms with Gasteiger partial charge < -0.3 is 30.7 Å². The SMILES string of the molecule is N#Cc1ccc(CBr)cc1.N#Cc1ccc(CNC2CN(C(=O)N3CCCN(C4CCC4)CC3)C2)cc1.NC1CN(C(=O)N2CCCN(C3CCC3)CC2)C1. The number of nitrogens with zero attached hydrogens (tertiary/aromatic N) is 8. The van der Waals surface area contributed by atoms with Gasteiger partial charge in [0.1, 0.15) is 0 Å². The van der Waals surface area contributed by atoms with Gasteiger partial charge in [-0.05, 0) is 73.9 Å². The van der Waals surface area contributed by atoms with Crippen LogP contribution in [0.3, 0.4) is 0 Å². The Morgan fingerprint density at radius 3 is 1.47 bits per heavy atom. The molecule has 0 atom stereocenters. The molecule has 0 unspecified atom stereocenters. The molecular formula is C42H59BrN10O2. The summed E-state index contributed by atoms with van der Waals surface area (Å²) in [6.45, 7) is 11.8. The number of rotatable bonds is 6. The van der Waals surface area contributed by atoms with E-state index in [0.29, 0.717) is 17.2 Å². The number of halogens is 1. The molecule has 0 aromatic heterocycles. The highest BCUT2D eigenvalue weighted by Crippen LogP contribution is 2.27. The molecule has 4 aliphatic heterocycles. The fraction of sp³-hybridized carbons (Fsp3) is 0.619. The lowest BCUT2D eigenvalue weighted by atomic mass is 9.91. The van der Waals surface area contributed by atoms with Crippen LogP contribution in [0.25, 0.3) is 0 Å². The van der Waals surface area contributed by atoms with Crippen molar-refractivity contribution in [2.45, 2.75) is 87.4 Å². The number of hydrogen-bond donors (Lipinski definition) is 2. The average Bonchev–Trinajstić information content (AvgIpc) is 3.54. The maximum absolute atomic E-state index is 12.8. The van der Waals surface area contributed by atoms with Crippen LogP contribution in [0.2, 0.25) is 0 Å². The quantitative estimate of drug-likeness (QED) is 0.398. The number of nitrogens with two attached hydrogens (primary N) is 1. The summed E-state index contributed by atoms with van der Waals surface area (Å²) in [4.78, 5) is 38.1. The van der Waals surface area contributed by atoms with Gasteiger partial charge in [-0.2, -0.15) is 10.5 Å². The molecule has 4 saturated heterocycles. The molecule has 6 fully saturated rings. The van der Waals surface area contributed by atoms with Crippen LogP contribution < -0.4 is 11.1 Å². The Labute approximate surface area is 336 Å². The number of hydrogen-bond acceptors (Lipinski definition) is 8. The first-order chi connectivity index (χ1) is 26.8. The minimum atomic E-state index is 0.201. The molecule has 13 heteroatoms. The summed E-state index contributed by atoms with van der Waals surface area (Å²) >= 11 is 3.32. The first-order valence-corrected chi connectivity index (χ1v) is 21.5. The minimum Gasteiger partial charge on any atom is -0.325 e. The normalized spacial score (nSPS) is 21.4. The molecule has 8 rings (SSSR count). The number of carbonyl (C=O) groups excluding carboxylic acids is 2. The molecule has 2 aromatic carbocycles. The van der Waals surface area contributed by atoms with Gasteiger partial charge in [-0.3, -0.25) is 9.80 Å². The molecule has 0 spiro atoms. The summed E-state index contributed by atoms with van der Waals surface area (Å²) in [6.07, 6.45) is 10.4. The number of carbonyl (C=O) groups is 2. The minimum absolute atomic E-state index is 0.201. The number of nitrogens with one attached hydrogen (secondary N) is 1. The van der Waals surface area contributed by atoms with Gasteiger partial charge in [-0.25, -0.2) is 9.59 Å². The predicted molar refractivity (Wildman–Crippen MR) is 218 cm³/mol. The van der Waals surface area contributed by atoms with Crippen LogP contribution in [-0.2, 0) is 11.9 Å². The van der Waals surface area contributed by atoms with Gasteiger partial charge in [0, 0.05) is 115 Å². The Morgan fingerprint density at radius 2 is 1.07 bits per heavy atom. The third kappa shape index (κ3) is 11.4. The monoisotopic (exact) mass is 814 g/mol. The third-order valence-electron chi connectivity index (χ3n) is 12.0. The maximum atomic E-state index is 12.8. The second kappa shape index (κ2) is 20.4. The van der Waals surface area contributed by atoms with E-state index in [4.69, 9.17) is 16.3 Å². The molecule has 4 amide bonds. The van der Waals surface area contributed by atoms with E-state index in [0.717, 1.165) is 115 Å². The summed E-state index contributed by atoms with van der Waals surface area (Å²) in [5.74, 6) is 0. The first-order valence-electron chi connectivity index (χ1n) is 20.4. The van der Waals surface area contributed by atoms with Crippen molar-refractivity contribution in [3.63, 3.8) is 0 Å². The van der Waals surface area contributed by atoms with Gasteiger partial charge in [0.15, 0.2) is 0 Å². The number of amides is 4. The highest BCUT2D eigenvalue weighted by molar-refractivity contribution is 9.08. The second-order valence-electron chi connectivity index (χ2n) is 15.9. The molecule has 3 N–H and O–H groups in total. The van der Waals surface area contributed by atoms with Crippen molar-refractivity contribution in [3.05, 3.63) is 70.8 Å². The van der Waals surface area contributed by atoms with Crippen LogP contribution in [0.4, 0.5) is 9.59 Å². The molecule has 55 heavy (non-hydrogen) atoms. The van der Waals surface area contributed by atoms with Gasteiger partial charge in [0.25, 0.3) is 0 Å². The summed E-state index contributed by atoms with van der Waals surface area (Å²) < 4.78 is 0. The van der Waals surface area contributed by atoms with Crippen molar-refractivity contribution in [1.29, 1.82) is 10.5 Å². The fourth-order valence-corrected chi connectivity index (χ4v) is 8.33. The predicted octanol–water partition coefficient (Wildman–Crippen LogP) is 4.77. The van der Waals surface area contributed by atoms with Gasteiger partial charge in [-0.15, -0.1) is 0 Å². The van der Waals surface area contributed by atoms with Crippen molar-refractivity contribution < 1.29 is 9.59 Å². The molecule has 2 aromatic rings. The van der Waals surface area contributed by atoms with Gasteiger partial charge in [0.2, 0.25) is 0 Å². The molecule has 6 aliphatic rings. The van der Waals surface area contributed by atoms with E-state index in [9.17, 15) is 9.59 Å². The summed E-state index contributed by atoms with van der Waals surface area (Å²) in [7, 11) is 0. The van der Waals surface area contributed by atoms with E-state index in [1.165, 1.54) is 49.7 Å². The van der Waals surface area contributed by atoms with Crippen molar-refractivity contribution in [1.82, 2.24) is 34.7 Å². The maximum Gasteiger partial charge on any atom is 0.320 e. The molecule has 2 saturated carbocycles. The van der Waals surface area contributed by atoms with Crippen LogP contribution in [0.5, 0.6) is 0 Å². The third-order valence-corrected chi connectivity index (χ3v) is 12.7. The van der Waals surface area contributed by atoms with E-state index in [1.807, 2.05) is 63.2 Å². The zero-order valence-corrected chi connectivity index (χ0v) is 33.9. The van der Waals surface area contributed by atoms with E-state index in [1.54, 1.807) is 0 Å². The van der Waals surface area contributed by atoms with Crippen LogP contribution in [-0.4, -0.2) is 144 Å². The molecule has 2 aliphatic carbocycles. The topological polar surface area (TPSA) is 139 Å². The number of urea groups is 2. The van der Waals surface area contributed by atoms with Crippen LogP contribution in [0, 0.1) is 22.7 Å². The second-order valence-corrected chi connectivity index (χ2v) is 16.4. The lowest BCUT2D eigenvalue weighted by Gasteiger charge is -2.42. The molecule has 296 valence electrons. The first kappa shape index (κ1) is 40.9. The van der Waals surface area contributed by atoms with Crippen molar-refractivity contribution >= 4 is 28.0 Å². The Bertz CT molecular complexity index is 1610. The molecule has 4 heterocycles. The van der Waals surface area contributed by atoms with Crippen molar-refractivity contribution in [3.8, 4) is 12.1 Å². The van der Waals surface area contributed by atoms with E-state index in [-0.39, 0.29) is 18.1 Å². The lowest BCUT2D eigenvalue weighted by Crippen LogP contribution is -2.62. The van der Waals surface area contributed by atoms with E-state index >= 15 is 0 Å².